The number of sulfonamides is 1. The van der Waals surface area contributed by atoms with E-state index in [2.05, 4.69) is 4.98 Å². The zero-order chi connectivity index (χ0) is 17.2. The summed E-state index contributed by atoms with van der Waals surface area (Å²) >= 11 is 0. The van der Waals surface area contributed by atoms with Crippen molar-refractivity contribution in [2.75, 3.05) is 32.7 Å². The van der Waals surface area contributed by atoms with E-state index in [0.717, 1.165) is 5.39 Å². The summed E-state index contributed by atoms with van der Waals surface area (Å²) in [6, 6.07) is 6.89. The third-order valence-electron chi connectivity index (χ3n) is 4.24. The molecule has 0 radical (unpaired) electrons. The minimum absolute atomic E-state index is 0.0525. The van der Waals surface area contributed by atoms with E-state index in [1.165, 1.54) is 4.31 Å². The van der Waals surface area contributed by atoms with Crippen LogP contribution in [0.15, 0.2) is 41.6 Å². The van der Waals surface area contributed by atoms with Gasteiger partial charge in [-0.2, -0.15) is 4.31 Å². The number of amides is 1. The Hall–Kier alpha value is -2.03. The van der Waals surface area contributed by atoms with Gasteiger partial charge in [-0.1, -0.05) is 12.1 Å². The van der Waals surface area contributed by atoms with Gasteiger partial charge in [-0.3, -0.25) is 9.78 Å². The van der Waals surface area contributed by atoms with E-state index in [0.29, 0.717) is 31.4 Å². The van der Waals surface area contributed by atoms with Gasteiger partial charge in [0.25, 0.3) is 0 Å². The molecule has 1 aromatic carbocycles. The van der Waals surface area contributed by atoms with Crippen LogP contribution in [-0.4, -0.2) is 61.2 Å². The molecular formula is C16H20N4O3S. The van der Waals surface area contributed by atoms with Crippen molar-refractivity contribution in [1.82, 2.24) is 14.2 Å². The summed E-state index contributed by atoms with van der Waals surface area (Å²) < 4.78 is 27.6. The molecule has 0 bridgehead atoms. The molecule has 0 aliphatic carbocycles. The maximum atomic E-state index is 13.1. The van der Waals surface area contributed by atoms with Crippen LogP contribution in [0, 0.1) is 0 Å². The highest BCUT2D eigenvalue weighted by Gasteiger charge is 2.29. The number of fused-ring (bicyclic) bond motifs is 1. The number of carbonyl (C=O) groups excluding carboxylic acids is 1. The molecule has 128 valence electrons. The van der Waals surface area contributed by atoms with Crippen LogP contribution in [0.1, 0.15) is 6.42 Å². The Morgan fingerprint density at radius 3 is 2.79 bits per heavy atom. The lowest BCUT2D eigenvalue weighted by Crippen LogP contribution is -2.39. The van der Waals surface area contributed by atoms with E-state index >= 15 is 0 Å². The molecule has 1 aliphatic rings. The topological polar surface area (TPSA) is 96.6 Å². The van der Waals surface area contributed by atoms with Crippen molar-refractivity contribution in [2.24, 2.45) is 5.73 Å². The fourth-order valence-corrected chi connectivity index (χ4v) is 4.65. The van der Waals surface area contributed by atoms with Crippen LogP contribution < -0.4 is 5.73 Å². The molecule has 7 nitrogen and oxygen atoms in total. The van der Waals surface area contributed by atoms with Gasteiger partial charge in [0.1, 0.15) is 0 Å². The number of pyridine rings is 1. The van der Waals surface area contributed by atoms with E-state index in [-0.39, 0.29) is 23.9 Å². The van der Waals surface area contributed by atoms with Crippen molar-refractivity contribution in [3.8, 4) is 0 Å². The Morgan fingerprint density at radius 1 is 1.17 bits per heavy atom. The summed E-state index contributed by atoms with van der Waals surface area (Å²) in [5.74, 6) is -0.148. The molecule has 0 saturated carbocycles. The summed E-state index contributed by atoms with van der Waals surface area (Å²) in [5, 5.41) is 1.44. The van der Waals surface area contributed by atoms with Crippen LogP contribution in [0.2, 0.25) is 0 Å². The lowest BCUT2D eigenvalue weighted by molar-refractivity contribution is -0.129. The maximum Gasteiger partial charge on any atom is 0.243 e. The van der Waals surface area contributed by atoms with Gasteiger partial charge in [0.15, 0.2) is 0 Å². The monoisotopic (exact) mass is 348 g/mol. The van der Waals surface area contributed by atoms with Crippen molar-refractivity contribution in [3.05, 3.63) is 36.7 Å². The summed E-state index contributed by atoms with van der Waals surface area (Å²) in [5.41, 5.74) is 5.40. The molecule has 2 aromatic rings. The van der Waals surface area contributed by atoms with Gasteiger partial charge >= 0.3 is 0 Å². The van der Waals surface area contributed by atoms with Crippen molar-refractivity contribution in [2.45, 2.75) is 11.3 Å². The summed E-state index contributed by atoms with van der Waals surface area (Å²) in [6.45, 7) is 1.50. The van der Waals surface area contributed by atoms with Gasteiger partial charge in [0.2, 0.25) is 15.9 Å². The number of aromatic nitrogens is 1. The Balaban J connectivity index is 1.91. The fraction of sp³-hybridized carbons (Fsp3) is 0.375. The first kappa shape index (κ1) is 16.8. The Bertz CT molecular complexity index is 848. The van der Waals surface area contributed by atoms with Gasteiger partial charge in [-0.25, -0.2) is 8.42 Å². The Morgan fingerprint density at radius 2 is 2.00 bits per heavy atom. The third kappa shape index (κ3) is 3.12. The molecule has 2 heterocycles. The van der Waals surface area contributed by atoms with Gasteiger partial charge in [0, 0.05) is 49.3 Å². The second-order valence-corrected chi connectivity index (χ2v) is 7.60. The summed E-state index contributed by atoms with van der Waals surface area (Å²) in [6.07, 6.45) is 3.83. The second kappa shape index (κ2) is 6.84. The normalized spacial score (nSPS) is 17.0. The number of nitrogens with two attached hydrogens (primary N) is 1. The zero-order valence-corrected chi connectivity index (χ0v) is 14.1. The standard InChI is InChI=1S/C16H20N4O3S/c17-11-16(21)19-7-2-8-20(10-9-19)24(22,23)15-4-1-3-13-12-18-6-5-14(13)15/h1,3-6,12H,2,7-11,17H2. The molecule has 0 atom stereocenters. The van der Waals surface area contributed by atoms with Crippen LogP contribution in [0.25, 0.3) is 10.8 Å². The second-order valence-electron chi connectivity index (χ2n) is 5.70. The Kier molecular flexibility index (Phi) is 4.79. The first-order valence-corrected chi connectivity index (χ1v) is 9.29. The molecule has 24 heavy (non-hydrogen) atoms. The zero-order valence-electron chi connectivity index (χ0n) is 13.3. The lowest BCUT2D eigenvalue weighted by Gasteiger charge is -2.22. The number of hydrogen-bond donors (Lipinski definition) is 1. The lowest BCUT2D eigenvalue weighted by atomic mass is 10.2. The maximum absolute atomic E-state index is 13.1. The largest absolute Gasteiger partial charge is 0.340 e. The van der Waals surface area contributed by atoms with E-state index < -0.39 is 10.0 Å². The summed E-state index contributed by atoms with van der Waals surface area (Å²) in [7, 11) is -3.63. The number of nitrogens with zero attached hydrogens (tertiary/aromatic N) is 3. The van der Waals surface area contributed by atoms with E-state index in [1.807, 2.05) is 6.07 Å². The highest BCUT2D eigenvalue weighted by molar-refractivity contribution is 7.89. The van der Waals surface area contributed by atoms with Crippen LogP contribution in [0.5, 0.6) is 0 Å². The quantitative estimate of drug-likeness (QED) is 0.867. The smallest absolute Gasteiger partial charge is 0.243 e. The predicted octanol–water partition coefficient (Wildman–Crippen LogP) is 0.417. The third-order valence-corrected chi connectivity index (χ3v) is 6.20. The van der Waals surface area contributed by atoms with Gasteiger partial charge in [0.05, 0.1) is 11.4 Å². The number of rotatable bonds is 3. The molecule has 1 saturated heterocycles. The molecule has 3 rings (SSSR count). The van der Waals surface area contributed by atoms with Gasteiger partial charge < -0.3 is 10.6 Å². The van der Waals surface area contributed by atoms with Crippen LogP contribution in [-0.2, 0) is 14.8 Å². The molecule has 0 unspecified atom stereocenters. The first-order valence-electron chi connectivity index (χ1n) is 7.85. The van der Waals surface area contributed by atoms with Crippen molar-refractivity contribution < 1.29 is 13.2 Å². The van der Waals surface area contributed by atoms with E-state index in [1.54, 1.807) is 35.5 Å². The Labute approximate surface area is 141 Å². The minimum Gasteiger partial charge on any atom is -0.340 e. The summed E-state index contributed by atoms with van der Waals surface area (Å²) in [4.78, 5) is 17.7. The number of hydrogen-bond acceptors (Lipinski definition) is 5. The predicted molar refractivity (Wildman–Crippen MR) is 90.8 cm³/mol. The van der Waals surface area contributed by atoms with E-state index in [4.69, 9.17) is 5.73 Å². The van der Waals surface area contributed by atoms with Crippen LogP contribution in [0.4, 0.5) is 0 Å². The van der Waals surface area contributed by atoms with Crippen molar-refractivity contribution >= 4 is 26.7 Å². The van der Waals surface area contributed by atoms with Crippen LogP contribution >= 0.6 is 0 Å². The first-order chi connectivity index (χ1) is 11.5. The van der Waals surface area contributed by atoms with Crippen LogP contribution in [0.3, 0.4) is 0 Å². The average Bonchev–Trinajstić information content (AvgIpc) is 2.87. The van der Waals surface area contributed by atoms with Gasteiger partial charge in [-0.15, -0.1) is 0 Å². The van der Waals surface area contributed by atoms with Crippen molar-refractivity contribution in [1.29, 1.82) is 0 Å². The van der Waals surface area contributed by atoms with Crippen molar-refractivity contribution in [3.63, 3.8) is 0 Å². The molecule has 2 N–H and O–H groups in total. The number of benzene rings is 1. The van der Waals surface area contributed by atoms with E-state index in [9.17, 15) is 13.2 Å². The highest BCUT2D eigenvalue weighted by Crippen LogP contribution is 2.25. The minimum atomic E-state index is -3.63. The molecule has 1 fully saturated rings. The highest BCUT2D eigenvalue weighted by atomic mass is 32.2. The fourth-order valence-electron chi connectivity index (χ4n) is 2.97. The molecular weight excluding hydrogens is 328 g/mol. The molecule has 1 aliphatic heterocycles. The SMILES string of the molecule is NCC(=O)N1CCCN(S(=O)(=O)c2cccc3cnccc23)CC1. The molecule has 1 aromatic heterocycles. The average molecular weight is 348 g/mol. The molecule has 1 amide bonds. The molecule has 8 heteroatoms. The molecule has 0 spiro atoms. The number of carbonyl (C=O) groups is 1. The van der Waals surface area contributed by atoms with Gasteiger partial charge in [-0.05, 0) is 18.6 Å².